The number of nitrogens with one attached hydrogen (secondary N) is 2. The molecule has 2 rings (SSSR count). The number of carbonyl (C=O) groups excluding carboxylic acids is 2. The summed E-state index contributed by atoms with van der Waals surface area (Å²) in [5, 5.41) is 15.3. The molecule has 0 bridgehead atoms. The maximum Gasteiger partial charge on any atom is 0.253 e. The fourth-order valence-electron chi connectivity index (χ4n) is 2.30. The van der Waals surface area contributed by atoms with Gasteiger partial charge in [-0.05, 0) is 43.9 Å². The average Bonchev–Trinajstić information content (AvgIpc) is 3.25. The standard InChI is InChI=1S/C15H19ClN2O3/c1-9(20)17-11-5-6-13(16)12(7-11)14(21)18-15(2,8-19)10-3-4-10/h5-7,10,19H,3-4,8H2,1-2H3,(H,17,20)(H,18,21). The number of benzene rings is 1. The van der Waals surface area contributed by atoms with Crippen molar-refractivity contribution in [2.24, 2.45) is 5.92 Å². The number of hydrogen-bond acceptors (Lipinski definition) is 3. The zero-order chi connectivity index (χ0) is 15.6. The lowest BCUT2D eigenvalue weighted by molar-refractivity contribution is -0.114. The van der Waals surface area contributed by atoms with Gasteiger partial charge in [-0.25, -0.2) is 0 Å². The van der Waals surface area contributed by atoms with E-state index in [0.29, 0.717) is 16.6 Å². The van der Waals surface area contributed by atoms with E-state index in [0.717, 1.165) is 12.8 Å². The minimum Gasteiger partial charge on any atom is -0.394 e. The molecule has 0 aliphatic heterocycles. The van der Waals surface area contributed by atoms with Gasteiger partial charge in [0.05, 0.1) is 22.7 Å². The molecular formula is C15H19ClN2O3. The third kappa shape index (κ3) is 3.74. The second kappa shape index (κ2) is 6.03. The Morgan fingerprint density at radius 1 is 1.43 bits per heavy atom. The SMILES string of the molecule is CC(=O)Nc1ccc(Cl)c(C(=O)NC(C)(CO)C2CC2)c1. The van der Waals surface area contributed by atoms with Crippen LogP contribution in [0.5, 0.6) is 0 Å². The van der Waals surface area contributed by atoms with Crippen molar-refractivity contribution in [2.75, 3.05) is 11.9 Å². The Balaban J connectivity index is 2.19. The number of hydrogen-bond donors (Lipinski definition) is 3. The van der Waals surface area contributed by atoms with Gasteiger partial charge in [0.25, 0.3) is 5.91 Å². The highest BCUT2D eigenvalue weighted by Gasteiger charge is 2.42. The van der Waals surface area contributed by atoms with Gasteiger partial charge in [0.15, 0.2) is 0 Å². The van der Waals surface area contributed by atoms with Crippen molar-refractivity contribution >= 4 is 29.1 Å². The zero-order valence-electron chi connectivity index (χ0n) is 12.1. The highest BCUT2D eigenvalue weighted by molar-refractivity contribution is 6.34. The molecule has 114 valence electrons. The van der Waals surface area contributed by atoms with Gasteiger partial charge < -0.3 is 15.7 Å². The first-order chi connectivity index (χ1) is 9.85. The van der Waals surface area contributed by atoms with Gasteiger partial charge in [-0.1, -0.05) is 11.6 Å². The lowest BCUT2D eigenvalue weighted by atomic mass is 9.96. The first-order valence-corrected chi connectivity index (χ1v) is 7.24. The molecule has 6 heteroatoms. The van der Waals surface area contributed by atoms with Gasteiger partial charge in [0, 0.05) is 12.6 Å². The molecule has 1 aromatic rings. The Morgan fingerprint density at radius 2 is 2.10 bits per heavy atom. The zero-order valence-corrected chi connectivity index (χ0v) is 12.8. The Hall–Kier alpha value is -1.59. The molecule has 1 fully saturated rings. The summed E-state index contributed by atoms with van der Waals surface area (Å²) < 4.78 is 0. The van der Waals surface area contributed by atoms with Crippen LogP contribution in [-0.2, 0) is 4.79 Å². The second-order valence-electron chi connectivity index (χ2n) is 5.68. The van der Waals surface area contributed by atoms with Crippen LogP contribution in [0.15, 0.2) is 18.2 Å². The molecule has 2 amide bonds. The van der Waals surface area contributed by atoms with Crippen molar-refractivity contribution in [1.82, 2.24) is 5.32 Å². The predicted octanol–water partition coefficient (Wildman–Crippen LogP) is 2.19. The van der Waals surface area contributed by atoms with Gasteiger partial charge in [0.2, 0.25) is 5.91 Å². The monoisotopic (exact) mass is 310 g/mol. The summed E-state index contributed by atoms with van der Waals surface area (Å²) in [6, 6.07) is 4.73. The Labute approximate surface area is 128 Å². The van der Waals surface area contributed by atoms with Crippen LogP contribution in [0.3, 0.4) is 0 Å². The van der Waals surface area contributed by atoms with Crippen molar-refractivity contribution in [2.45, 2.75) is 32.2 Å². The molecular weight excluding hydrogens is 292 g/mol. The molecule has 0 heterocycles. The number of aliphatic hydroxyl groups excluding tert-OH is 1. The number of aliphatic hydroxyl groups is 1. The Kier molecular flexibility index (Phi) is 4.54. The molecule has 1 aliphatic rings. The largest absolute Gasteiger partial charge is 0.394 e. The summed E-state index contributed by atoms with van der Waals surface area (Å²) in [4.78, 5) is 23.5. The summed E-state index contributed by atoms with van der Waals surface area (Å²) in [7, 11) is 0. The van der Waals surface area contributed by atoms with Crippen molar-refractivity contribution in [3.63, 3.8) is 0 Å². The molecule has 0 saturated heterocycles. The Bertz CT molecular complexity index is 572. The molecule has 1 aliphatic carbocycles. The highest BCUT2D eigenvalue weighted by Crippen LogP contribution is 2.39. The number of amides is 2. The van der Waals surface area contributed by atoms with Gasteiger partial charge in [-0.2, -0.15) is 0 Å². The lowest BCUT2D eigenvalue weighted by Crippen LogP contribution is -2.50. The summed E-state index contributed by atoms with van der Waals surface area (Å²) >= 11 is 6.06. The summed E-state index contributed by atoms with van der Waals surface area (Å²) in [5.74, 6) is -0.277. The number of anilines is 1. The fraction of sp³-hybridized carbons (Fsp3) is 0.467. The fourth-order valence-corrected chi connectivity index (χ4v) is 2.50. The van der Waals surface area contributed by atoms with Crippen molar-refractivity contribution < 1.29 is 14.7 Å². The van der Waals surface area contributed by atoms with E-state index in [-0.39, 0.29) is 24.0 Å². The van der Waals surface area contributed by atoms with Crippen LogP contribution in [0, 0.1) is 5.92 Å². The maximum atomic E-state index is 12.4. The van der Waals surface area contributed by atoms with Crippen LogP contribution in [-0.4, -0.2) is 29.1 Å². The third-order valence-electron chi connectivity index (χ3n) is 3.74. The highest BCUT2D eigenvalue weighted by atomic mass is 35.5. The number of rotatable bonds is 5. The topological polar surface area (TPSA) is 78.4 Å². The molecule has 1 atom stereocenters. The summed E-state index contributed by atoms with van der Waals surface area (Å²) in [5.41, 5.74) is 0.155. The molecule has 5 nitrogen and oxygen atoms in total. The number of carbonyl (C=O) groups is 2. The lowest BCUT2D eigenvalue weighted by Gasteiger charge is -2.29. The van der Waals surface area contributed by atoms with Crippen LogP contribution >= 0.6 is 11.6 Å². The predicted molar refractivity (Wildman–Crippen MR) is 81.4 cm³/mol. The van der Waals surface area contributed by atoms with E-state index in [1.807, 2.05) is 6.92 Å². The molecule has 21 heavy (non-hydrogen) atoms. The van der Waals surface area contributed by atoms with Crippen molar-refractivity contribution in [3.05, 3.63) is 28.8 Å². The van der Waals surface area contributed by atoms with E-state index in [1.54, 1.807) is 12.1 Å². The maximum absolute atomic E-state index is 12.4. The van der Waals surface area contributed by atoms with Crippen molar-refractivity contribution in [1.29, 1.82) is 0 Å². The summed E-state index contributed by atoms with van der Waals surface area (Å²) in [6.45, 7) is 3.10. The van der Waals surface area contributed by atoms with Crippen LogP contribution in [0.2, 0.25) is 5.02 Å². The number of halogens is 1. The molecule has 0 aromatic heterocycles. The van der Waals surface area contributed by atoms with E-state index >= 15 is 0 Å². The van der Waals surface area contributed by atoms with Crippen LogP contribution in [0.25, 0.3) is 0 Å². The van der Waals surface area contributed by atoms with E-state index in [1.165, 1.54) is 13.0 Å². The van der Waals surface area contributed by atoms with Gasteiger partial charge in [-0.3, -0.25) is 9.59 Å². The van der Waals surface area contributed by atoms with Gasteiger partial charge in [-0.15, -0.1) is 0 Å². The minimum absolute atomic E-state index is 0.119. The molecule has 0 radical (unpaired) electrons. The molecule has 1 unspecified atom stereocenters. The minimum atomic E-state index is -0.635. The normalized spacial score (nSPS) is 17.0. The van der Waals surface area contributed by atoms with Gasteiger partial charge >= 0.3 is 0 Å². The smallest absolute Gasteiger partial charge is 0.253 e. The summed E-state index contributed by atoms with van der Waals surface area (Å²) in [6.07, 6.45) is 1.99. The molecule has 3 N–H and O–H groups in total. The molecule has 0 spiro atoms. The van der Waals surface area contributed by atoms with Gasteiger partial charge in [0.1, 0.15) is 0 Å². The average molecular weight is 311 g/mol. The Morgan fingerprint density at radius 3 is 2.62 bits per heavy atom. The van der Waals surface area contributed by atoms with E-state index in [4.69, 9.17) is 11.6 Å². The quantitative estimate of drug-likeness (QED) is 0.780. The van der Waals surface area contributed by atoms with Crippen LogP contribution in [0.4, 0.5) is 5.69 Å². The van der Waals surface area contributed by atoms with Crippen LogP contribution in [0.1, 0.15) is 37.0 Å². The van der Waals surface area contributed by atoms with Crippen LogP contribution < -0.4 is 10.6 Å². The molecule has 1 aromatic carbocycles. The van der Waals surface area contributed by atoms with E-state index in [9.17, 15) is 14.7 Å². The van der Waals surface area contributed by atoms with Crippen molar-refractivity contribution in [3.8, 4) is 0 Å². The second-order valence-corrected chi connectivity index (χ2v) is 6.09. The van der Waals surface area contributed by atoms with E-state index in [2.05, 4.69) is 10.6 Å². The third-order valence-corrected chi connectivity index (χ3v) is 4.07. The first kappa shape index (κ1) is 15.8. The van der Waals surface area contributed by atoms with E-state index < -0.39 is 5.54 Å². The molecule has 1 saturated carbocycles. The first-order valence-electron chi connectivity index (χ1n) is 6.86.